The van der Waals surface area contributed by atoms with Gasteiger partial charge in [0.25, 0.3) is 0 Å². The Hall–Kier alpha value is -4.50. The number of hydrogen-bond donors (Lipinski definition) is 1. The molecule has 1 nitrogen and oxygen atoms in total. The van der Waals surface area contributed by atoms with Crippen molar-refractivity contribution in [2.24, 2.45) is 5.92 Å². The molecule has 0 heterocycles. The molecule has 57 heavy (non-hydrogen) atoms. The molecule has 0 atom stereocenters. The van der Waals surface area contributed by atoms with E-state index in [9.17, 15) is 52.7 Å². The Labute approximate surface area is 308 Å². The molecule has 0 aliphatic heterocycles. The zero-order chi connectivity index (χ0) is 43.2. The van der Waals surface area contributed by atoms with Gasteiger partial charge in [-0.3, -0.25) is 0 Å². The standard InChI is InChI=1S/C24BF20.C11H23N/c26-5-1(6(27)14(35)21(42)13(5)34)25(2-7(28)15(36)22(43)16(37)8(2)29,3-9(30)17(38)23(44)18(39)10(3)31)4-11(32)19(40)24(45)20(41)12(4)33;1-3-12(4-2)10-11-8-6-5-7-9-11/h;11H,3-10H2,1-2H3/q-1;/p+1. The molecule has 1 N–H and O–H groups in total. The summed E-state index contributed by atoms with van der Waals surface area (Å²) in [6.07, 6.45) is 0.263. The molecule has 0 radical (unpaired) electrons. The Kier molecular flexibility index (Phi) is 13.6. The Balaban J connectivity index is 0.000000512. The van der Waals surface area contributed by atoms with Gasteiger partial charge in [0.2, 0.25) is 0 Å². The van der Waals surface area contributed by atoms with Crippen molar-refractivity contribution >= 4 is 28.0 Å². The number of quaternary nitrogens is 1. The van der Waals surface area contributed by atoms with Gasteiger partial charge in [0, 0.05) is 5.92 Å². The van der Waals surface area contributed by atoms with E-state index in [0.29, 0.717) is 0 Å². The first kappa shape index (κ1) is 45.2. The van der Waals surface area contributed by atoms with Crippen molar-refractivity contribution < 1.29 is 92.7 Å². The van der Waals surface area contributed by atoms with Crippen LogP contribution in [0.1, 0.15) is 46.0 Å². The monoisotopic (exact) mass is 849 g/mol. The Morgan fingerprint density at radius 1 is 0.333 bits per heavy atom. The maximum absolute atomic E-state index is 15.4. The number of rotatable bonds is 8. The van der Waals surface area contributed by atoms with Gasteiger partial charge in [0.15, 0.2) is 69.8 Å². The summed E-state index contributed by atoms with van der Waals surface area (Å²) in [5.41, 5.74) is -14.3. The fraction of sp³-hybridized carbons (Fsp3) is 0.314. The molecule has 1 saturated carbocycles. The topological polar surface area (TPSA) is 4.44 Å². The van der Waals surface area contributed by atoms with Crippen molar-refractivity contribution in [2.75, 3.05) is 19.6 Å². The molecule has 1 aliphatic carbocycles. The van der Waals surface area contributed by atoms with E-state index in [-0.39, 0.29) is 0 Å². The Bertz CT molecular complexity index is 1820. The quantitative estimate of drug-likeness (QED) is 0.0821. The summed E-state index contributed by atoms with van der Waals surface area (Å²) in [6.45, 7) is 8.68. The number of benzene rings is 4. The van der Waals surface area contributed by atoms with Crippen LogP contribution in [0.2, 0.25) is 0 Å². The lowest BCUT2D eigenvalue weighted by Gasteiger charge is -2.44. The van der Waals surface area contributed by atoms with E-state index < -0.39 is 144 Å². The zero-order valence-corrected chi connectivity index (χ0v) is 28.9. The number of halogens is 20. The normalized spacial score (nSPS) is 13.7. The third kappa shape index (κ3) is 7.30. The van der Waals surface area contributed by atoms with Crippen molar-refractivity contribution in [3.63, 3.8) is 0 Å². The second-order valence-corrected chi connectivity index (χ2v) is 13.0. The third-order valence-corrected chi connectivity index (χ3v) is 10.0. The van der Waals surface area contributed by atoms with Crippen LogP contribution >= 0.6 is 0 Å². The summed E-state index contributed by atoms with van der Waals surface area (Å²) in [4.78, 5) is 1.79. The van der Waals surface area contributed by atoms with E-state index >= 15 is 35.1 Å². The molecule has 4 aromatic carbocycles. The van der Waals surface area contributed by atoms with Gasteiger partial charge in [-0.05, 0) is 26.7 Å². The van der Waals surface area contributed by atoms with Crippen molar-refractivity contribution in [3.05, 3.63) is 116 Å². The number of nitrogens with one attached hydrogen (secondary N) is 1. The Morgan fingerprint density at radius 3 is 0.719 bits per heavy atom. The first-order valence-electron chi connectivity index (χ1n) is 16.6. The minimum atomic E-state index is -7.22. The predicted octanol–water partition coefficient (Wildman–Crippen LogP) is 7.34. The van der Waals surface area contributed by atoms with Crippen LogP contribution < -0.4 is 26.8 Å². The smallest absolute Gasteiger partial charge is 0.200 e. The zero-order valence-electron chi connectivity index (χ0n) is 28.9. The molecule has 1 aliphatic rings. The van der Waals surface area contributed by atoms with E-state index in [1.165, 1.54) is 51.7 Å². The number of hydrogen-bond acceptors (Lipinski definition) is 0. The molecule has 0 unspecified atom stereocenters. The lowest BCUT2D eigenvalue weighted by atomic mass is 9.12. The molecule has 0 aromatic heterocycles. The summed E-state index contributed by atoms with van der Waals surface area (Å²) >= 11 is 0. The molecule has 5 rings (SSSR count). The summed E-state index contributed by atoms with van der Waals surface area (Å²) in [7, 11) is 0. The third-order valence-electron chi connectivity index (χ3n) is 10.0. The van der Waals surface area contributed by atoms with Gasteiger partial charge in [-0.2, -0.15) is 0 Å². The van der Waals surface area contributed by atoms with Crippen molar-refractivity contribution in [3.8, 4) is 0 Å². The highest BCUT2D eigenvalue weighted by Crippen LogP contribution is 2.31. The molecule has 0 spiro atoms. The van der Waals surface area contributed by atoms with Crippen molar-refractivity contribution in [1.82, 2.24) is 0 Å². The first-order valence-corrected chi connectivity index (χ1v) is 16.6. The van der Waals surface area contributed by atoms with Crippen LogP contribution in [-0.2, 0) is 0 Å². The second-order valence-electron chi connectivity index (χ2n) is 13.0. The summed E-state index contributed by atoms with van der Waals surface area (Å²) in [5.74, 6) is -70.4. The lowest BCUT2D eigenvalue weighted by Crippen LogP contribution is -3.12. The second kappa shape index (κ2) is 17.2. The van der Waals surface area contributed by atoms with Gasteiger partial charge in [-0.1, -0.05) is 19.3 Å². The van der Waals surface area contributed by atoms with E-state index in [2.05, 4.69) is 13.8 Å². The van der Waals surface area contributed by atoms with E-state index in [1.54, 1.807) is 4.90 Å². The van der Waals surface area contributed by atoms with Crippen LogP contribution in [-0.4, -0.2) is 25.8 Å². The van der Waals surface area contributed by atoms with Crippen molar-refractivity contribution in [2.45, 2.75) is 46.0 Å². The minimum Gasteiger partial charge on any atom is -0.335 e. The van der Waals surface area contributed by atoms with Crippen LogP contribution in [0.25, 0.3) is 0 Å². The van der Waals surface area contributed by atoms with E-state index in [4.69, 9.17) is 0 Å². The Morgan fingerprint density at radius 2 is 0.526 bits per heavy atom. The van der Waals surface area contributed by atoms with E-state index in [0.717, 1.165) is 5.92 Å². The molecule has 312 valence electrons. The van der Waals surface area contributed by atoms with Gasteiger partial charge in [-0.25, -0.2) is 87.8 Å². The average Bonchev–Trinajstić information content (AvgIpc) is 3.20. The highest BCUT2D eigenvalue weighted by molar-refractivity contribution is 7.20. The molecule has 4 aromatic rings. The molecule has 0 amide bonds. The van der Waals surface area contributed by atoms with Crippen LogP contribution in [0.3, 0.4) is 0 Å². The lowest BCUT2D eigenvalue weighted by molar-refractivity contribution is -0.900. The van der Waals surface area contributed by atoms with Crippen LogP contribution in [0.5, 0.6) is 0 Å². The van der Waals surface area contributed by atoms with Gasteiger partial charge in [0.05, 0.1) is 19.6 Å². The molecular weight excluding hydrogens is 825 g/mol. The summed E-state index contributed by atoms with van der Waals surface area (Å²) < 4.78 is 294. The molecule has 0 bridgehead atoms. The van der Waals surface area contributed by atoms with Crippen LogP contribution in [0, 0.1) is 122 Å². The van der Waals surface area contributed by atoms with Crippen LogP contribution in [0.4, 0.5) is 87.8 Å². The predicted molar refractivity (Wildman–Crippen MR) is 163 cm³/mol. The fourth-order valence-corrected chi connectivity index (χ4v) is 7.21. The maximum atomic E-state index is 15.4. The maximum Gasteiger partial charge on any atom is 0.200 e. The molecule has 1 fully saturated rings. The highest BCUT2D eigenvalue weighted by Gasteiger charge is 2.52. The summed E-state index contributed by atoms with van der Waals surface area (Å²) in [5, 5.41) is 0. The van der Waals surface area contributed by atoms with Crippen molar-refractivity contribution in [1.29, 1.82) is 0 Å². The van der Waals surface area contributed by atoms with Gasteiger partial charge < -0.3 is 4.90 Å². The van der Waals surface area contributed by atoms with E-state index in [1.807, 2.05) is 0 Å². The molecule has 0 saturated heterocycles. The van der Waals surface area contributed by atoms with Crippen LogP contribution in [0.15, 0.2) is 0 Å². The van der Waals surface area contributed by atoms with Gasteiger partial charge >= 0.3 is 0 Å². The highest BCUT2D eigenvalue weighted by atomic mass is 19.2. The minimum absolute atomic E-state index is 1.05. The molecule has 22 heteroatoms. The molecular formula is C35H24BF20N. The fourth-order valence-electron chi connectivity index (χ4n) is 7.21. The first-order chi connectivity index (χ1) is 26.6. The summed E-state index contributed by atoms with van der Waals surface area (Å²) in [6, 6.07) is 0. The van der Waals surface area contributed by atoms with Gasteiger partial charge in [-0.15, -0.1) is 21.9 Å². The van der Waals surface area contributed by atoms with Gasteiger partial charge in [0.1, 0.15) is 52.7 Å². The largest absolute Gasteiger partial charge is 0.335 e. The SMILES string of the molecule is CC[NH+](CC)CC1CCCCC1.Fc1c(F)c(F)c([B-](c2c(F)c(F)c(F)c(F)c2F)(c2c(F)c(F)c(F)c(F)c2F)c2c(F)c(F)c(F)c(F)c2F)c(F)c1F. The average molecular weight is 849 g/mol.